The van der Waals surface area contributed by atoms with Gasteiger partial charge in [-0.3, -0.25) is 4.79 Å². The van der Waals surface area contributed by atoms with E-state index in [9.17, 15) is 14.3 Å². The first-order chi connectivity index (χ1) is 8.70. The lowest BCUT2D eigenvalue weighted by molar-refractivity contribution is 0.112. The zero-order chi connectivity index (χ0) is 13.0. The van der Waals surface area contributed by atoms with Gasteiger partial charge in [0.05, 0.1) is 11.3 Å². The molecule has 5 heteroatoms. The maximum atomic E-state index is 13.3. The molecule has 0 fully saturated rings. The number of nitrogens with zero attached hydrogens (tertiary/aromatic N) is 2. The van der Waals surface area contributed by atoms with Gasteiger partial charge in [-0.25, -0.2) is 4.39 Å². The number of halogens is 1. The number of azo groups is 1. The highest BCUT2D eigenvalue weighted by Crippen LogP contribution is 2.24. The smallest absolute Gasteiger partial charge is 0.153 e. The second kappa shape index (κ2) is 5.18. The van der Waals surface area contributed by atoms with Crippen molar-refractivity contribution in [2.75, 3.05) is 0 Å². The maximum Gasteiger partial charge on any atom is 0.153 e. The fourth-order valence-corrected chi connectivity index (χ4v) is 1.34. The summed E-state index contributed by atoms with van der Waals surface area (Å²) in [4.78, 5) is 10.6. The van der Waals surface area contributed by atoms with Crippen LogP contribution in [0.2, 0.25) is 0 Å². The van der Waals surface area contributed by atoms with E-state index in [1.165, 1.54) is 30.3 Å². The van der Waals surface area contributed by atoms with Crippen molar-refractivity contribution in [1.82, 2.24) is 0 Å². The lowest BCUT2D eigenvalue weighted by Gasteiger charge is -1.98. The van der Waals surface area contributed by atoms with Crippen LogP contribution in [-0.4, -0.2) is 11.4 Å². The Morgan fingerprint density at radius 1 is 1.11 bits per heavy atom. The van der Waals surface area contributed by atoms with Gasteiger partial charge in [0.1, 0.15) is 11.4 Å². The number of carbonyl (C=O) groups excluding carboxylic acids is 1. The van der Waals surface area contributed by atoms with Crippen molar-refractivity contribution in [3.8, 4) is 5.75 Å². The number of hydrogen-bond donors (Lipinski definition) is 1. The fourth-order valence-electron chi connectivity index (χ4n) is 1.34. The van der Waals surface area contributed by atoms with Crippen LogP contribution in [0.1, 0.15) is 10.4 Å². The Bertz CT molecular complexity index is 612. The second-order valence-electron chi connectivity index (χ2n) is 3.51. The van der Waals surface area contributed by atoms with Gasteiger partial charge in [-0.15, -0.1) is 5.11 Å². The van der Waals surface area contributed by atoms with E-state index in [1.54, 1.807) is 12.1 Å². The molecule has 0 aromatic heterocycles. The third-order valence-corrected chi connectivity index (χ3v) is 2.26. The molecule has 0 spiro atoms. The monoisotopic (exact) mass is 244 g/mol. The van der Waals surface area contributed by atoms with Crippen LogP contribution in [0.4, 0.5) is 15.8 Å². The van der Waals surface area contributed by atoms with Crippen LogP contribution in [0.5, 0.6) is 5.75 Å². The predicted molar refractivity (Wildman–Crippen MR) is 64.1 cm³/mol. The van der Waals surface area contributed by atoms with Crippen molar-refractivity contribution >= 4 is 17.7 Å². The lowest BCUT2D eigenvalue weighted by Crippen LogP contribution is -1.79. The van der Waals surface area contributed by atoms with Crippen molar-refractivity contribution in [3.05, 3.63) is 53.8 Å². The number of benzene rings is 2. The molecule has 0 radical (unpaired) electrons. The fraction of sp³-hybridized carbons (Fsp3) is 0. The summed E-state index contributed by atoms with van der Waals surface area (Å²) in [6.45, 7) is 0. The van der Waals surface area contributed by atoms with Crippen molar-refractivity contribution in [3.63, 3.8) is 0 Å². The summed E-state index contributed by atoms with van der Waals surface area (Å²) in [5.74, 6) is -0.606. The van der Waals surface area contributed by atoms with Crippen LogP contribution < -0.4 is 0 Å². The molecule has 0 aliphatic rings. The first-order valence-electron chi connectivity index (χ1n) is 5.15. The highest BCUT2D eigenvalue weighted by molar-refractivity contribution is 5.80. The number of carbonyl (C=O) groups is 1. The minimum absolute atomic E-state index is 0.109. The molecule has 0 heterocycles. The molecular formula is C13H9FN2O2. The van der Waals surface area contributed by atoms with Gasteiger partial charge >= 0.3 is 0 Å². The summed E-state index contributed by atoms with van der Waals surface area (Å²) in [6.07, 6.45) is 0.511. The van der Waals surface area contributed by atoms with Gasteiger partial charge in [0.15, 0.2) is 12.1 Å². The molecule has 0 unspecified atom stereocenters. The SMILES string of the molecule is O=Cc1cc(N=Nc2ccccc2F)ccc1O. The van der Waals surface area contributed by atoms with Crippen molar-refractivity contribution in [1.29, 1.82) is 0 Å². The van der Waals surface area contributed by atoms with E-state index in [0.29, 0.717) is 12.0 Å². The molecule has 0 atom stereocenters. The minimum atomic E-state index is -0.476. The molecule has 0 aliphatic carbocycles. The van der Waals surface area contributed by atoms with Crippen LogP contribution in [0.3, 0.4) is 0 Å². The molecular weight excluding hydrogens is 235 g/mol. The molecule has 2 aromatic rings. The highest BCUT2D eigenvalue weighted by atomic mass is 19.1. The van der Waals surface area contributed by atoms with E-state index in [0.717, 1.165) is 0 Å². The summed E-state index contributed by atoms with van der Waals surface area (Å²) >= 11 is 0. The Balaban J connectivity index is 2.29. The second-order valence-corrected chi connectivity index (χ2v) is 3.51. The molecule has 0 amide bonds. The number of aromatic hydroxyl groups is 1. The number of hydrogen-bond acceptors (Lipinski definition) is 4. The van der Waals surface area contributed by atoms with E-state index in [4.69, 9.17) is 0 Å². The van der Waals surface area contributed by atoms with E-state index in [1.807, 2.05) is 0 Å². The first-order valence-corrected chi connectivity index (χ1v) is 5.15. The van der Waals surface area contributed by atoms with E-state index in [2.05, 4.69) is 10.2 Å². The number of aldehydes is 1. The highest BCUT2D eigenvalue weighted by Gasteiger charge is 2.02. The van der Waals surface area contributed by atoms with Crippen LogP contribution in [0.15, 0.2) is 52.7 Å². The summed E-state index contributed by atoms with van der Waals surface area (Å²) in [5, 5.41) is 16.8. The third kappa shape index (κ3) is 2.57. The van der Waals surface area contributed by atoms with E-state index in [-0.39, 0.29) is 17.0 Å². The molecule has 90 valence electrons. The first kappa shape index (κ1) is 11.9. The molecule has 2 aromatic carbocycles. The number of phenolic OH excluding ortho intramolecular Hbond substituents is 1. The Hall–Kier alpha value is -2.56. The maximum absolute atomic E-state index is 13.3. The van der Waals surface area contributed by atoms with Gasteiger partial charge in [0.25, 0.3) is 0 Å². The predicted octanol–water partition coefficient (Wildman–Crippen LogP) is 3.76. The molecule has 18 heavy (non-hydrogen) atoms. The van der Waals surface area contributed by atoms with Crippen LogP contribution >= 0.6 is 0 Å². The quantitative estimate of drug-likeness (QED) is 0.660. The van der Waals surface area contributed by atoms with Gasteiger partial charge in [-0.05, 0) is 30.3 Å². The molecule has 0 aliphatic heterocycles. The zero-order valence-electron chi connectivity index (χ0n) is 9.25. The Morgan fingerprint density at radius 2 is 1.89 bits per heavy atom. The summed E-state index contributed by atoms with van der Waals surface area (Å²) in [6, 6.07) is 10.1. The molecule has 4 nitrogen and oxygen atoms in total. The summed E-state index contributed by atoms with van der Waals surface area (Å²) in [7, 11) is 0. The average molecular weight is 244 g/mol. The van der Waals surface area contributed by atoms with Crippen LogP contribution in [-0.2, 0) is 0 Å². The van der Waals surface area contributed by atoms with Crippen molar-refractivity contribution < 1.29 is 14.3 Å². The van der Waals surface area contributed by atoms with Gasteiger partial charge in [-0.2, -0.15) is 5.11 Å². The number of rotatable bonds is 3. The standard InChI is InChI=1S/C13H9FN2O2/c14-11-3-1-2-4-12(11)16-15-10-5-6-13(18)9(7-10)8-17/h1-8,18H. The molecule has 0 saturated carbocycles. The van der Waals surface area contributed by atoms with Gasteiger partial charge in [-0.1, -0.05) is 12.1 Å². The van der Waals surface area contributed by atoms with Crippen LogP contribution in [0.25, 0.3) is 0 Å². The largest absolute Gasteiger partial charge is 0.507 e. The van der Waals surface area contributed by atoms with Crippen LogP contribution in [0, 0.1) is 5.82 Å². The van der Waals surface area contributed by atoms with Gasteiger partial charge in [0.2, 0.25) is 0 Å². The summed E-state index contributed by atoms with van der Waals surface area (Å²) < 4.78 is 13.3. The van der Waals surface area contributed by atoms with E-state index < -0.39 is 5.82 Å². The third-order valence-electron chi connectivity index (χ3n) is 2.26. The molecule has 1 N–H and O–H groups in total. The zero-order valence-corrected chi connectivity index (χ0v) is 9.25. The van der Waals surface area contributed by atoms with Crippen molar-refractivity contribution in [2.45, 2.75) is 0 Å². The Morgan fingerprint density at radius 3 is 2.61 bits per heavy atom. The topological polar surface area (TPSA) is 62.0 Å². The summed E-state index contributed by atoms with van der Waals surface area (Å²) in [5.41, 5.74) is 0.580. The number of phenols is 1. The normalized spacial score (nSPS) is 10.7. The van der Waals surface area contributed by atoms with Gasteiger partial charge < -0.3 is 5.11 Å². The Kier molecular flexibility index (Phi) is 3.43. The van der Waals surface area contributed by atoms with Crippen molar-refractivity contribution in [2.24, 2.45) is 10.2 Å². The lowest BCUT2D eigenvalue weighted by atomic mass is 10.2. The average Bonchev–Trinajstić information content (AvgIpc) is 2.39. The minimum Gasteiger partial charge on any atom is -0.507 e. The van der Waals surface area contributed by atoms with E-state index >= 15 is 0 Å². The molecule has 0 saturated heterocycles. The Labute approximate surface area is 102 Å². The van der Waals surface area contributed by atoms with Gasteiger partial charge in [0, 0.05) is 0 Å². The molecule has 0 bridgehead atoms. The molecule has 2 rings (SSSR count).